The van der Waals surface area contributed by atoms with Gasteiger partial charge in [0.15, 0.2) is 5.82 Å². The van der Waals surface area contributed by atoms with E-state index in [1.807, 2.05) is 0 Å². The van der Waals surface area contributed by atoms with Crippen LogP contribution in [0, 0.1) is 23.1 Å². The highest BCUT2D eigenvalue weighted by Gasteiger charge is 2.57. The van der Waals surface area contributed by atoms with Crippen molar-refractivity contribution in [3.8, 4) is 11.8 Å². The van der Waals surface area contributed by atoms with E-state index in [0.717, 1.165) is 11.0 Å². The van der Waals surface area contributed by atoms with Gasteiger partial charge in [0.05, 0.1) is 30.7 Å². The molecule has 1 atom stereocenters. The van der Waals surface area contributed by atoms with Crippen molar-refractivity contribution in [2.24, 2.45) is 12.4 Å². The summed E-state index contributed by atoms with van der Waals surface area (Å²) in [6.07, 6.45) is -8.03. The van der Waals surface area contributed by atoms with Crippen molar-refractivity contribution in [1.29, 1.82) is 0 Å². The molecule has 1 fully saturated rings. The zero-order valence-corrected chi connectivity index (χ0v) is 20.4. The van der Waals surface area contributed by atoms with Crippen molar-refractivity contribution in [2.75, 3.05) is 37.7 Å². The van der Waals surface area contributed by atoms with Crippen molar-refractivity contribution in [2.45, 2.75) is 25.6 Å². The Morgan fingerprint density at radius 3 is 2.74 bits per heavy atom. The molecule has 5 rings (SSSR count). The minimum atomic E-state index is -4.78. The van der Waals surface area contributed by atoms with Gasteiger partial charge in [0.25, 0.3) is 6.43 Å². The fraction of sp³-hybridized carbons (Fsp3) is 0.407. The Bertz CT molecular complexity index is 1630. The first kappa shape index (κ1) is 23.3. The van der Waals surface area contributed by atoms with Gasteiger partial charge in [-0.2, -0.15) is 18.2 Å². The topological polar surface area (TPSA) is 50.6 Å². The SMILES string of the molecule is [2H]C([2H])([2H])n1c(=O)nc(N2CCOCc3c(C#CC4(C(F)(F)F)CCN(CC(F)F)C4)cccc32)c2c(F)cccc21. The summed E-state index contributed by atoms with van der Waals surface area (Å²) < 4.78 is 113. The number of aryl methyl sites for hydroxylation is 1. The Labute approximate surface area is 224 Å². The Balaban J connectivity index is 1.64. The molecule has 206 valence electrons. The molecule has 12 heteroatoms. The molecule has 0 aliphatic carbocycles. The number of likely N-dealkylation sites (tertiary alicyclic amines) is 1. The second-order valence-corrected chi connectivity index (χ2v) is 9.40. The van der Waals surface area contributed by atoms with Crippen LogP contribution in [-0.2, 0) is 18.3 Å². The average molecular weight is 554 g/mol. The van der Waals surface area contributed by atoms with Crippen LogP contribution in [0.5, 0.6) is 0 Å². The van der Waals surface area contributed by atoms with E-state index < -0.39 is 56.0 Å². The van der Waals surface area contributed by atoms with Crippen molar-refractivity contribution in [3.63, 3.8) is 0 Å². The Hall–Kier alpha value is -3.56. The number of anilines is 2. The number of halogens is 6. The molecule has 2 aliphatic heterocycles. The van der Waals surface area contributed by atoms with Crippen molar-refractivity contribution >= 4 is 22.4 Å². The third kappa shape index (κ3) is 4.96. The lowest BCUT2D eigenvalue weighted by Gasteiger charge is -2.27. The van der Waals surface area contributed by atoms with E-state index in [9.17, 15) is 26.7 Å². The van der Waals surface area contributed by atoms with E-state index in [-0.39, 0.29) is 48.6 Å². The molecular formula is C27H24F6N4O2. The number of fused-ring (bicyclic) bond motifs is 2. The molecule has 2 aromatic carbocycles. The molecule has 39 heavy (non-hydrogen) atoms. The second-order valence-electron chi connectivity index (χ2n) is 9.40. The number of ether oxygens (including phenoxy) is 1. The Morgan fingerprint density at radius 2 is 2.00 bits per heavy atom. The molecule has 1 unspecified atom stereocenters. The van der Waals surface area contributed by atoms with Gasteiger partial charge in [-0.05, 0) is 30.7 Å². The summed E-state index contributed by atoms with van der Waals surface area (Å²) in [5.41, 5.74) is -3.04. The molecule has 0 bridgehead atoms. The number of rotatable bonds is 3. The molecule has 0 spiro atoms. The smallest absolute Gasteiger partial charge is 0.375 e. The van der Waals surface area contributed by atoms with Crippen LogP contribution in [-0.4, -0.2) is 59.8 Å². The maximum absolute atomic E-state index is 15.2. The highest BCUT2D eigenvalue weighted by atomic mass is 19.4. The zero-order valence-electron chi connectivity index (χ0n) is 23.4. The maximum Gasteiger partial charge on any atom is 0.406 e. The van der Waals surface area contributed by atoms with Crippen molar-refractivity contribution in [1.82, 2.24) is 14.5 Å². The molecule has 1 aromatic heterocycles. The number of hydrogen-bond acceptors (Lipinski definition) is 5. The van der Waals surface area contributed by atoms with Crippen LogP contribution in [0.25, 0.3) is 10.9 Å². The number of benzene rings is 2. The predicted molar refractivity (Wildman–Crippen MR) is 132 cm³/mol. The van der Waals surface area contributed by atoms with E-state index in [0.29, 0.717) is 15.8 Å². The second kappa shape index (κ2) is 10.2. The summed E-state index contributed by atoms with van der Waals surface area (Å²) in [5, 5.41) is -0.237. The first-order valence-corrected chi connectivity index (χ1v) is 12.0. The minimum absolute atomic E-state index is 0.0482. The number of nitrogens with zero attached hydrogens (tertiary/aromatic N) is 4. The van der Waals surface area contributed by atoms with Gasteiger partial charge in [-0.15, -0.1) is 0 Å². The summed E-state index contributed by atoms with van der Waals surface area (Å²) in [6, 6.07) is 8.21. The average Bonchev–Trinajstić information content (AvgIpc) is 3.17. The molecular weight excluding hydrogens is 526 g/mol. The maximum atomic E-state index is 15.2. The summed E-state index contributed by atoms with van der Waals surface area (Å²) in [6.45, 7) is -4.60. The van der Waals surface area contributed by atoms with Crippen LogP contribution in [0.15, 0.2) is 41.2 Å². The summed E-state index contributed by atoms with van der Waals surface area (Å²) in [7, 11) is 0. The van der Waals surface area contributed by atoms with Gasteiger partial charge in [-0.1, -0.05) is 24.0 Å². The molecule has 3 heterocycles. The molecule has 3 aromatic rings. The third-order valence-electron chi connectivity index (χ3n) is 6.98. The van der Waals surface area contributed by atoms with Gasteiger partial charge >= 0.3 is 11.9 Å². The fourth-order valence-corrected chi connectivity index (χ4v) is 5.01. The lowest BCUT2D eigenvalue weighted by atomic mass is 9.86. The number of aromatic nitrogens is 2. The van der Waals surface area contributed by atoms with Gasteiger partial charge in [0.2, 0.25) is 0 Å². The quantitative estimate of drug-likeness (QED) is 0.350. The molecule has 2 aliphatic rings. The standard InChI is InChI=1S/C27H24F6N4O2/c1-35-21-7-3-5-19(28)23(21)24(34-25(35)38)37-12-13-39-15-18-17(4-2-6-20(18)37)8-9-26(27(31,32)33)10-11-36(16-26)14-22(29)30/h2-7,22H,10-16H2,1H3/i1D3. The normalized spacial score (nSPS) is 21.6. The molecule has 0 radical (unpaired) electrons. The van der Waals surface area contributed by atoms with E-state index in [2.05, 4.69) is 16.8 Å². The molecule has 1 saturated heterocycles. The Morgan fingerprint density at radius 1 is 1.21 bits per heavy atom. The van der Waals surface area contributed by atoms with E-state index in [4.69, 9.17) is 8.85 Å². The van der Waals surface area contributed by atoms with Crippen LogP contribution >= 0.6 is 0 Å². The largest absolute Gasteiger partial charge is 0.406 e. The fourth-order valence-electron chi connectivity index (χ4n) is 5.01. The van der Waals surface area contributed by atoms with Crippen molar-refractivity contribution < 1.29 is 35.2 Å². The summed E-state index contributed by atoms with van der Waals surface area (Å²) in [5.74, 6) is 3.90. The van der Waals surface area contributed by atoms with Gasteiger partial charge in [0.1, 0.15) is 11.2 Å². The number of alkyl halides is 5. The van der Waals surface area contributed by atoms with Crippen LogP contribution in [0.1, 0.15) is 21.7 Å². The van der Waals surface area contributed by atoms with Crippen LogP contribution in [0.3, 0.4) is 0 Å². The molecule has 0 saturated carbocycles. The summed E-state index contributed by atoms with van der Waals surface area (Å²) >= 11 is 0. The first-order chi connectivity index (χ1) is 19.7. The number of hydrogen-bond donors (Lipinski definition) is 0. The lowest BCUT2D eigenvalue weighted by Crippen LogP contribution is -2.40. The van der Waals surface area contributed by atoms with Gasteiger partial charge in [-0.25, -0.2) is 18.0 Å². The highest BCUT2D eigenvalue weighted by Crippen LogP contribution is 2.45. The molecule has 6 nitrogen and oxygen atoms in total. The van der Waals surface area contributed by atoms with Crippen LogP contribution < -0.4 is 10.6 Å². The van der Waals surface area contributed by atoms with Crippen molar-refractivity contribution in [3.05, 3.63) is 63.8 Å². The lowest BCUT2D eigenvalue weighted by molar-refractivity contribution is -0.197. The highest BCUT2D eigenvalue weighted by molar-refractivity contribution is 5.92. The first-order valence-electron chi connectivity index (χ1n) is 13.5. The van der Waals surface area contributed by atoms with Gasteiger partial charge in [-0.3, -0.25) is 9.47 Å². The third-order valence-corrected chi connectivity index (χ3v) is 6.98. The zero-order chi connectivity index (χ0) is 30.4. The predicted octanol–water partition coefficient (Wildman–Crippen LogP) is 4.61. The monoisotopic (exact) mass is 553 g/mol. The van der Waals surface area contributed by atoms with E-state index in [1.165, 1.54) is 29.2 Å². The molecule has 0 N–H and O–H groups in total. The molecule has 0 amide bonds. The van der Waals surface area contributed by atoms with Gasteiger partial charge < -0.3 is 9.64 Å². The minimum Gasteiger partial charge on any atom is -0.375 e. The summed E-state index contributed by atoms with van der Waals surface area (Å²) in [4.78, 5) is 19.3. The van der Waals surface area contributed by atoms with E-state index in [1.54, 1.807) is 6.07 Å². The van der Waals surface area contributed by atoms with Crippen LogP contribution in [0.4, 0.5) is 37.8 Å². The van der Waals surface area contributed by atoms with E-state index >= 15 is 4.39 Å². The Kier molecular flexibility index (Phi) is 6.11. The van der Waals surface area contributed by atoms with Gasteiger partial charge in [0, 0.05) is 47.5 Å². The van der Waals surface area contributed by atoms with Crippen LogP contribution in [0.2, 0.25) is 0 Å².